The van der Waals surface area contributed by atoms with Crippen molar-refractivity contribution in [1.29, 1.82) is 0 Å². The Kier molecular flexibility index (Phi) is 3.79. The summed E-state index contributed by atoms with van der Waals surface area (Å²) >= 11 is 0. The third kappa shape index (κ3) is 2.90. The maximum Gasteiger partial charge on any atom is 0.256 e. The number of amides is 1. The average Bonchev–Trinajstić information content (AvgIpc) is 2.90. The Hall–Kier alpha value is -2.37. The van der Waals surface area contributed by atoms with Gasteiger partial charge < -0.3 is 10.2 Å². The number of carbonyl (C=O) groups excluding carboxylic acids is 1. The highest BCUT2D eigenvalue weighted by Gasteiger charge is 2.16. The molecular formula is C13H17N5O. The van der Waals surface area contributed by atoms with Crippen LogP contribution >= 0.6 is 0 Å². The van der Waals surface area contributed by atoms with Crippen molar-refractivity contribution in [3.05, 3.63) is 41.5 Å². The number of anilines is 1. The number of rotatable bonds is 4. The second-order valence-electron chi connectivity index (χ2n) is 4.39. The van der Waals surface area contributed by atoms with Crippen molar-refractivity contribution in [3.63, 3.8) is 0 Å². The summed E-state index contributed by atoms with van der Waals surface area (Å²) in [5.41, 5.74) is 2.53. The third-order valence-corrected chi connectivity index (χ3v) is 2.87. The van der Waals surface area contributed by atoms with Crippen LogP contribution in [0, 0.1) is 6.92 Å². The lowest BCUT2D eigenvalue weighted by atomic mass is 10.1. The maximum absolute atomic E-state index is 12.4. The number of nitrogens with zero attached hydrogens (tertiary/aromatic N) is 3. The molecule has 19 heavy (non-hydrogen) atoms. The van der Waals surface area contributed by atoms with Crippen LogP contribution in [0.15, 0.2) is 24.5 Å². The third-order valence-electron chi connectivity index (χ3n) is 2.87. The summed E-state index contributed by atoms with van der Waals surface area (Å²) in [6.45, 7) is 2.36. The summed E-state index contributed by atoms with van der Waals surface area (Å²) in [7, 11) is 3.55. The maximum atomic E-state index is 12.4. The molecule has 2 aromatic rings. The lowest BCUT2D eigenvalue weighted by Gasteiger charge is -2.18. The lowest BCUT2D eigenvalue weighted by Crippen LogP contribution is -2.27. The van der Waals surface area contributed by atoms with Crippen LogP contribution in [-0.4, -0.2) is 40.1 Å². The number of aromatic nitrogens is 3. The largest absolute Gasteiger partial charge is 0.387 e. The normalized spacial score (nSPS) is 10.3. The van der Waals surface area contributed by atoms with Crippen molar-refractivity contribution in [3.8, 4) is 0 Å². The van der Waals surface area contributed by atoms with Gasteiger partial charge in [0.05, 0.1) is 12.1 Å². The van der Waals surface area contributed by atoms with Crippen LogP contribution in [0.4, 0.5) is 5.69 Å². The van der Waals surface area contributed by atoms with Gasteiger partial charge in [-0.15, -0.1) is 0 Å². The summed E-state index contributed by atoms with van der Waals surface area (Å²) in [4.78, 5) is 18.1. The SMILES string of the molecule is CNc1ccc(C)cc1C(=O)N(C)Cc1ncn[nH]1. The van der Waals surface area contributed by atoms with Crippen LogP contribution < -0.4 is 5.32 Å². The number of aromatic amines is 1. The molecule has 0 atom stereocenters. The Morgan fingerprint density at radius 1 is 1.47 bits per heavy atom. The van der Waals surface area contributed by atoms with Crippen LogP contribution in [0.3, 0.4) is 0 Å². The van der Waals surface area contributed by atoms with Crippen molar-refractivity contribution in [2.75, 3.05) is 19.4 Å². The monoisotopic (exact) mass is 259 g/mol. The Morgan fingerprint density at radius 3 is 2.89 bits per heavy atom. The topological polar surface area (TPSA) is 73.9 Å². The van der Waals surface area contributed by atoms with Gasteiger partial charge in [-0.3, -0.25) is 9.89 Å². The van der Waals surface area contributed by atoms with E-state index in [-0.39, 0.29) is 5.91 Å². The first kappa shape index (κ1) is 13.1. The lowest BCUT2D eigenvalue weighted by molar-refractivity contribution is 0.0782. The fourth-order valence-corrected chi connectivity index (χ4v) is 1.86. The van der Waals surface area contributed by atoms with Crippen molar-refractivity contribution in [2.45, 2.75) is 13.5 Å². The summed E-state index contributed by atoms with van der Waals surface area (Å²) in [6, 6.07) is 5.76. The first-order valence-electron chi connectivity index (χ1n) is 6.00. The molecule has 0 aliphatic carbocycles. The molecule has 0 aliphatic rings. The number of H-pyrrole nitrogens is 1. The molecule has 0 radical (unpaired) electrons. The molecule has 1 amide bonds. The Labute approximate surface area is 111 Å². The Morgan fingerprint density at radius 2 is 2.26 bits per heavy atom. The predicted molar refractivity (Wildman–Crippen MR) is 72.9 cm³/mol. The van der Waals surface area contributed by atoms with E-state index in [2.05, 4.69) is 20.5 Å². The highest BCUT2D eigenvalue weighted by molar-refractivity contribution is 5.99. The van der Waals surface area contributed by atoms with Crippen molar-refractivity contribution in [2.24, 2.45) is 0 Å². The van der Waals surface area contributed by atoms with E-state index in [1.54, 1.807) is 19.0 Å². The van der Waals surface area contributed by atoms with E-state index in [4.69, 9.17) is 0 Å². The standard InChI is InChI=1S/C13H17N5O/c1-9-4-5-11(14-2)10(6-9)13(19)18(3)7-12-15-8-16-17-12/h4-6,8,14H,7H2,1-3H3,(H,15,16,17). The van der Waals surface area contributed by atoms with Gasteiger partial charge in [0.25, 0.3) is 5.91 Å². The molecule has 6 heteroatoms. The predicted octanol–water partition coefficient (Wildman–Crippen LogP) is 1.43. The summed E-state index contributed by atoms with van der Waals surface area (Å²) in [6.07, 6.45) is 1.43. The molecular weight excluding hydrogens is 242 g/mol. The molecule has 2 rings (SSSR count). The molecule has 0 aliphatic heterocycles. The highest BCUT2D eigenvalue weighted by Crippen LogP contribution is 2.18. The van der Waals surface area contributed by atoms with Gasteiger partial charge in [-0.05, 0) is 19.1 Å². The first-order chi connectivity index (χ1) is 9.11. The van der Waals surface area contributed by atoms with Crippen LogP contribution in [0.5, 0.6) is 0 Å². The van der Waals surface area contributed by atoms with E-state index in [0.717, 1.165) is 11.3 Å². The van der Waals surface area contributed by atoms with Crippen LogP contribution in [0.2, 0.25) is 0 Å². The number of aryl methyl sites for hydroxylation is 1. The zero-order chi connectivity index (χ0) is 13.8. The second kappa shape index (κ2) is 5.51. The van der Waals surface area contributed by atoms with Gasteiger partial charge in [-0.25, -0.2) is 4.98 Å². The Balaban J connectivity index is 2.21. The Bertz CT molecular complexity index is 564. The van der Waals surface area contributed by atoms with Crippen LogP contribution in [0.25, 0.3) is 0 Å². The van der Waals surface area contributed by atoms with E-state index in [9.17, 15) is 4.79 Å². The minimum absolute atomic E-state index is 0.0514. The van der Waals surface area contributed by atoms with Gasteiger partial charge in [0.2, 0.25) is 0 Å². The highest BCUT2D eigenvalue weighted by atomic mass is 16.2. The van der Waals surface area contributed by atoms with Crippen LogP contribution in [0.1, 0.15) is 21.7 Å². The molecule has 1 aromatic heterocycles. The first-order valence-corrected chi connectivity index (χ1v) is 6.00. The van der Waals surface area contributed by atoms with Crippen molar-refractivity contribution in [1.82, 2.24) is 20.1 Å². The molecule has 2 N–H and O–H groups in total. The van der Waals surface area contributed by atoms with Crippen molar-refractivity contribution >= 4 is 11.6 Å². The molecule has 0 unspecified atom stereocenters. The number of benzene rings is 1. The zero-order valence-corrected chi connectivity index (χ0v) is 11.3. The fourth-order valence-electron chi connectivity index (χ4n) is 1.86. The minimum atomic E-state index is -0.0514. The quantitative estimate of drug-likeness (QED) is 0.871. The smallest absolute Gasteiger partial charge is 0.256 e. The van der Waals surface area contributed by atoms with Crippen LogP contribution in [-0.2, 0) is 6.54 Å². The minimum Gasteiger partial charge on any atom is -0.387 e. The fraction of sp³-hybridized carbons (Fsp3) is 0.308. The number of nitrogens with one attached hydrogen (secondary N) is 2. The molecule has 1 aromatic carbocycles. The van der Waals surface area contributed by atoms with Gasteiger partial charge >= 0.3 is 0 Å². The molecule has 0 saturated heterocycles. The van der Waals surface area contributed by atoms with E-state index in [1.807, 2.05) is 25.1 Å². The second-order valence-corrected chi connectivity index (χ2v) is 4.39. The molecule has 1 heterocycles. The molecule has 100 valence electrons. The molecule has 0 spiro atoms. The molecule has 0 fully saturated rings. The number of hydrogen-bond donors (Lipinski definition) is 2. The number of carbonyl (C=O) groups is 1. The molecule has 6 nitrogen and oxygen atoms in total. The van der Waals surface area contributed by atoms with Gasteiger partial charge in [0, 0.05) is 19.8 Å². The van der Waals surface area contributed by atoms with E-state index in [1.165, 1.54) is 6.33 Å². The van der Waals surface area contributed by atoms with Gasteiger partial charge in [0.1, 0.15) is 12.2 Å². The zero-order valence-electron chi connectivity index (χ0n) is 11.3. The molecule has 0 bridgehead atoms. The van der Waals surface area contributed by atoms with Gasteiger partial charge in [-0.1, -0.05) is 11.6 Å². The van der Waals surface area contributed by atoms with E-state index in [0.29, 0.717) is 17.9 Å². The average molecular weight is 259 g/mol. The van der Waals surface area contributed by atoms with E-state index < -0.39 is 0 Å². The van der Waals surface area contributed by atoms with E-state index >= 15 is 0 Å². The summed E-state index contributed by atoms with van der Waals surface area (Å²) in [5.74, 6) is 0.610. The number of hydrogen-bond acceptors (Lipinski definition) is 4. The molecule has 0 saturated carbocycles. The van der Waals surface area contributed by atoms with Crippen molar-refractivity contribution < 1.29 is 4.79 Å². The summed E-state index contributed by atoms with van der Waals surface area (Å²) in [5, 5.41) is 9.55. The van der Waals surface area contributed by atoms with Gasteiger partial charge in [0.15, 0.2) is 0 Å². The van der Waals surface area contributed by atoms with Gasteiger partial charge in [-0.2, -0.15) is 5.10 Å². The summed E-state index contributed by atoms with van der Waals surface area (Å²) < 4.78 is 0.